The van der Waals surface area contributed by atoms with Crippen LogP contribution in [0, 0.1) is 0 Å². The van der Waals surface area contributed by atoms with Crippen molar-refractivity contribution in [3.05, 3.63) is 0 Å². The highest BCUT2D eigenvalue weighted by Crippen LogP contribution is 2.44. The normalized spacial score (nSPS) is 25.3. The Labute approximate surface area is 91.1 Å². The van der Waals surface area contributed by atoms with Gasteiger partial charge in [-0.2, -0.15) is 0 Å². The third-order valence-electron chi connectivity index (χ3n) is 4.30. The Morgan fingerprint density at radius 1 is 0.857 bits per heavy atom. The summed E-state index contributed by atoms with van der Waals surface area (Å²) in [7, 11) is 0.0491. The molecule has 0 aromatic heterocycles. The Bertz CT molecular complexity index is 139. The van der Waals surface area contributed by atoms with Crippen LogP contribution in [-0.2, 0) is 0 Å². The molecule has 2 aliphatic carbocycles. The second-order valence-corrected chi connectivity index (χ2v) is 8.57. The number of hydrogen-bond acceptors (Lipinski definition) is 0. The highest BCUT2D eigenvalue weighted by molar-refractivity contribution is 6.62. The van der Waals surface area contributed by atoms with E-state index in [9.17, 15) is 0 Å². The topological polar surface area (TPSA) is 0 Å². The van der Waals surface area contributed by atoms with Crippen molar-refractivity contribution in [1.29, 1.82) is 0 Å². The maximum Gasteiger partial charge on any atom is 0.0545 e. The van der Waals surface area contributed by atoms with E-state index >= 15 is 0 Å². The summed E-state index contributed by atoms with van der Waals surface area (Å²) in [5, 5.41) is 0. The van der Waals surface area contributed by atoms with E-state index in [4.69, 9.17) is 0 Å². The van der Waals surface area contributed by atoms with E-state index in [0.717, 1.165) is 0 Å². The zero-order valence-electron chi connectivity index (χ0n) is 9.73. The molecule has 0 spiro atoms. The van der Waals surface area contributed by atoms with Crippen LogP contribution in [0.3, 0.4) is 0 Å². The molecule has 0 aromatic carbocycles. The number of hydrogen-bond donors (Lipinski definition) is 0. The van der Waals surface area contributed by atoms with Crippen molar-refractivity contribution in [2.24, 2.45) is 0 Å². The Balaban J connectivity index is 1.91. The molecule has 0 aromatic rings. The van der Waals surface area contributed by atoms with Crippen molar-refractivity contribution in [2.45, 2.75) is 81.8 Å². The molecule has 0 unspecified atom stereocenters. The van der Waals surface area contributed by atoms with E-state index in [-0.39, 0.29) is 8.80 Å². The summed E-state index contributed by atoms with van der Waals surface area (Å²) in [4.78, 5) is 0. The molecule has 0 amide bonds. The van der Waals surface area contributed by atoms with Crippen LogP contribution in [0.25, 0.3) is 0 Å². The molecule has 0 nitrogen and oxygen atoms in total. The minimum Gasteiger partial charge on any atom is -0.0657 e. The van der Waals surface area contributed by atoms with Gasteiger partial charge in [-0.1, -0.05) is 70.8 Å². The van der Waals surface area contributed by atoms with Crippen LogP contribution in [0.5, 0.6) is 0 Å². The minimum absolute atomic E-state index is 0.0491. The zero-order chi connectivity index (χ0) is 9.80. The Morgan fingerprint density at radius 3 is 1.64 bits per heavy atom. The summed E-state index contributed by atoms with van der Waals surface area (Å²) >= 11 is 0. The van der Waals surface area contributed by atoms with Gasteiger partial charge in [-0.25, -0.2) is 0 Å². The van der Waals surface area contributed by atoms with E-state index in [2.05, 4.69) is 6.92 Å². The first-order chi connectivity index (χ1) is 6.92. The van der Waals surface area contributed by atoms with Gasteiger partial charge < -0.3 is 0 Å². The van der Waals surface area contributed by atoms with E-state index < -0.39 is 0 Å². The van der Waals surface area contributed by atoms with Crippen LogP contribution in [0.1, 0.15) is 64.7 Å². The van der Waals surface area contributed by atoms with Crippen LogP contribution in [0.2, 0.25) is 17.1 Å². The Kier molecular flexibility index (Phi) is 4.09. The highest BCUT2D eigenvalue weighted by atomic mass is 28.3. The lowest BCUT2D eigenvalue weighted by Crippen LogP contribution is -2.24. The standard InChI is InChI=1S/C13H25Si/c1-2-11-14(12-7-3-4-8-12)13-9-5-6-10-13/h12-13H,2-11H2,1H3. The predicted molar refractivity (Wildman–Crippen MR) is 65.3 cm³/mol. The van der Waals surface area contributed by atoms with Crippen molar-refractivity contribution < 1.29 is 0 Å². The van der Waals surface area contributed by atoms with Gasteiger partial charge in [-0.3, -0.25) is 0 Å². The predicted octanol–water partition coefficient (Wildman–Crippen LogP) is 4.78. The SMILES string of the molecule is CCC[Si](C1CCCC1)C1CCCC1. The molecule has 2 fully saturated rings. The lowest BCUT2D eigenvalue weighted by molar-refractivity contribution is 0.757. The van der Waals surface area contributed by atoms with Gasteiger partial charge in [0.1, 0.15) is 0 Å². The lowest BCUT2D eigenvalue weighted by atomic mass is 10.3. The van der Waals surface area contributed by atoms with E-state index in [0.29, 0.717) is 0 Å². The Hall–Kier alpha value is 0.217. The molecular formula is C13H25Si. The smallest absolute Gasteiger partial charge is 0.0545 e. The molecule has 2 aliphatic rings. The average molecular weight is 209 g/mol. The van der Waals surface area contributed by atoms with Gasteiger partial charge in [0.2, 0.25) is 0 Å². The summed E-state index contributed by atoms with van der Waals surface area (Å²) in [5.74, 6) is 0. The maximum absolute atomic E-state index is 2.40. The van der Waals surface area contributed by atoms with Crippen molar-refractivity contribution in [2.75, 3.05) is 0 Å². The van der Waals surface area contributed by atoms with Crippen LogP contribution < -0.4 is 0 Å². The molecule has 0 heterocycles. The fraction of sp³-hybridized carbons (Fsp3) is 1.00. The van der Waals surface area contributed by atoms with Crippen molar-refractivity contribution in [1.82, 2.24) is 0 Å². The van der Waals surface area contributed by atoms with Crippen molar-refractivity contribution in [3.63, 3.8) is 0 Å². The van der Waals surface area contributed by atoms with Gasteiger partial charge in [0, 0.05) is 0 Å². The molecule has 1 heteroatoms. The largest absolute Gasteiger partial charge is 0.0657 e. The molecular weight excluding hydrogens is 184 g/mol. The zero-order valence-corrected chi connectivity index (χ0v) is 10.7. The van der Waals surface area contributed by atoms with Crippen molar-refractivity contribution in [3.8, 4) is 0 Å². The summed E-state index contributed by atoms with van der Waals surface area (Å²) in [6.07, 6.45) is 14.1. The van der Waals surface area contributed by atoms with E-state index in [1.165, 1.54) is 17.5 Å². The first-order valence-corrected chi connectivity index (χ1v) is 8.63. The molecule has 81 valence electrons. The van der Waals surface area contributed by atoms with Crippen LogP contribution >= 0.6 is 0 Å². The summed E-state index contributed by atoms with van der Waals surface area (Å²) in [6.45, 7) is 2.40. The third-order valence-corrected chi connectivity index (χ3v) is 8.63. The van der Waals surface area contributed by atoms with Gasteiger partial charge in [0.15, 0.2) is 0 Å². The Morgan fingerprint density at radius 2 is 1.29 bits per heavy atom. The molecule has 2 rings (SSSR count). The molecule has 14 heavy (non-hydrogen) atoms. The molecule has 2 saturated carbocycles. The van der Waals surface area contributed by atoms with Crippen molar-refractivity contribution >= 4 is 8.80 Å². The highest BCUT2D eigenvalue weighted by Gasteiger charge is 2.33. The van der Waals surface area contributed by atoms with Gasteiger partial charge >= 0.3 is 0 Å². The molecule has 0 N–H and O–H groups in total. The maximum atomic E-state index is 2.40. The monoisotopic (exact) mass is 209 g/mol. The van der Waals surface area contributed by atoms with Gasteiger partial charge in [0.25, 0.3) is 0 Å². The van der Waals surface area contributed by atoms with E-state index in [1.807, 2.05) is 0 Å². The fourth-order valence-corrected chi connectivity index (χ4v) is 7.98. The summed E-state index contributed by atoms with van der Waals surface area (Å²) in [5.41, 5.74) is 2.45. The minimum atomic E-state index is 0.0491. The molecule has 0 bridgehead atoms. The molecule has 0 aliphatic heterocycles. The fourth-order valence-electron chi connectivity index (χ4n) is 3.62. The summed E-state index contributed by atoms with van der Waals surface area (Å²) < 4.78 is 0. The van der Waals surface area contributed by atoms with Gasteiger partial charge in [-0.05, 0) is 11.1 Å². The van der Waals surface area contributed by atoms with Crippen LogP contribution in [0.15, 0.2) is 0 Å². The van der Waals surface area contributed by atoms with Gasteiger partial charge in [0.05, 0.1) is 8.80 Å². The van der Waals surface area contributed by atoms with Gasteiger partial charge in [-0.15, -0.1) is 0 Å². The molecule has 0 saturated heterocycles. The number of rotatable bonds is 4. The van der Waals surface area contributed by atoms with Crippen LogP contribution in [0.4, 0.5) is 0 Å². The average Bonchev–Trinajstić information content (AvgIpc) is 2.87. The van der Waals surface area contributed by atoms with E-state index in [1.54, 1.807) is 57.4 Å². The second kappa shape index (κ2) is 5.34. The van der Waals surface area contributed by atoms with Crippen LogP contribution in [-0.4, -0.2) is 8.80 Å². The second-order valence-electron chi connectivity index (χ2n) is 5.29. The first kappa shape index (κ1) is 10.7. The lowest BCUT2D eigenvalue weighted by Gasteiger charge is -2.27. The first-order valence-electron chi connectivity index (χ1n) is 6.77. The molecule has 1 radical (unpaired) electrons. The quantitative estimate of drug-likeness (QED) is 0.585. The molecule has 0 atom stereocenters. The third kappa shape index (κ3) is 2.42. The summed E-state index contributed by atoms with van der Waals surface area (Å²) in [6, 6.07) is 1.62.